The van der Waals surface area contributed by atoms with Gasteiger partial charge in [-0.3, -0.25) is 19.5 Å². The number of imidazole rings is 1. The zero-order valence-corrected chi connectivity index (χ0v) is 20.9. The van der Waals surface area contributed by atoms with Crippen LogP contribution in [0, 0.1) is 17.7 Å². The van der Waals surface area contributed by atoms with Crippen molar-refractivity contribution in [3.8, 4) is 5.75 Å². The van der Waals surface area contributed by atoms with E-state index in [4.69, 9.17) is 5.14 Å². The monoisotopic (exact) mass is 516 g/mol. The van der Waals surface area contributed by atoms with Crippen molar-refractivity contribution in [1.82, 2.24) is 24.2 Å². The number of hydrogen-bond acceptors (Lipinski definition) is 6. The van der Waals surface area contributed by atoms with Crippen molar-refractivity contribution in [2.45, 2.75) is 38.3 Å². The Hall–Kier alpha value is -3.51. The quantitative estimate of drug-likeness (QED) is 0.427. The van der Waals surface area contributed by atoms with Gasteiger partial charge in [0.2, 0.25) is 17.4 Å². The van der Waals surface area contributed by atoms with Gasteiger partial charge in [0.05, 0.1) is 0 Å². The minimum Gasteiger partial charge on any atom is -0.501 e. The molecule has 2 amide bonds. The van der Waals surface area contributed by atoms with Gasteiger partial charge in [-0.2, -0.15) is 0 Å². The number of nitrogens with one attached hydrogen (secondary N) is 1. The highest BCUT2D eigenvalue weighted by atomic mass is 32.2. The maximum Gasteiger partial charge on any atom is 0.302 e. The Bertz CT molecular complexity index is 1410. The number of piperidine rings is 1. The number of rotatable bonds is 6. The van der Waals surface area contributed by atoms with Crippen LogP contribution in [0.1, 0.15) is 36.3 Å². The lowest BCUT2D eigenvalue weighted by molar-refractivity contribution is -0.134. The number of halogens is 1. The minimum absolute atomic E-state index is 0.0457. The molecule has 1 aliphatic rings. The van der Waals surface area contributed by atoms with Gasteiger partial charge in [-0.15, -0.1) is 0 Å². The standard InChI is InChI=1S/C24H29FN6O4S/c1-14-8-15(2)12-30(11-14)19(32)13-29-6-7-31-23(35)21(33)20(28-24(29)31)22(34)27-10-16-4-5-17(25)9-18(16)36(3)26/h4-7,9,14-15,33H,3,8,10-13,26H2,1-2H3,(H,27,34). The van der Waals surface area contributed by atoms with Gasteiger partial charge in [0.1, 0.15) is 12.4 Å². The molecule has 0 spiro atoms. The van der Waals surface area contributed by atoms with Crippen LogP contribution in [-0.2, 0) is 17.9 Å². The van der Waals surface area contributed by atoms with Crippen molar-refractivity contribution in [2.75, 3.05) is 13.1 Å². The molecular weight excluding hydrogens is 487 g/mol. The third kappa shape index (κ3) is 5.19. The maximum atomic E-state index is 13.6. The molecule has 12 heteroatoms. The van der Waals surface area contributed by atoms with Crippen LogP contribution in [0.3, 0.4) is 0 Å². The molecule has 0 aliphatic carbocycles. The molecule has 1 aromatic carbocycles. The van der Waals surface area contributed by atoms with Crippen LogP contribution in [0.2, 0.25) is 0 Å². The number of nitrogens with two attached hydrogens (primary N) is 1. The molecule has 0 radical (unpaired) electrons. The Morgan fingerprint density at radius 3 is 2.64 bits per heavy atom. The molecule has 3 heterocycles. The van der Waals surface area contributed by atoms with Gasteiger partial charge in [0.15, 0.2) is 5.69 Å². The van der Waals surface area contributed by atoms with Gasteiger partial charge in [0, 0.05) is 36.9 Å². The summed E-state index contributed by atoms with van der Waals surface area (Å²) >= 11 is 0. The van der Waals surface area contributed by atoms with Crippen molar-refractivity contribution in [1.29, 1.82) is 0 Å². The lowest BCUT2D eigenvalue weighted by Crippen LogP contribution is -2.44. The highest BCUT2D eigenvalue weighted by Gasteiger charge is 2.26. The summed E-state index contributed by atoms with van der Waals surface area (Å²) in [6, 6.07) is 3.96. The van der Waals surface area contributed by atoms with Crippen LogP contribution < -0.4 is 16.0 Å². The average molecular weight is 517 g/mol. The molecule has 2 aromatic heterocycles. The lowest BCUT2D eigenvalue weighted by Gasteiger charge is -2.35. The van der Waals surface area contributed by atoms with E-state index in [1.54, 1.807) is 4.90 Å². The number of nitrogens with zero attached hydrogens (tertiary/aromatic N) is 4. The highest BCUT2D eigenvalue weighted by molar-refractivity contribution is 8.12. The van der Waals surface area contributed by atoms with Crippen molar-refractivity contribution in [3.63, 3.8) is 0 Å². The SMILES string of the molecule is C=S(N)c1cc(F)ccc1CNC(=O)c1nc2n(CC(=O)N3CC(C)CC(C)C3)ccn2c(=O)c1O. The predicted octanol–water partition coefficient (Wildman–Crippen LogP) is 1.71. The number of fused-ring (bicyclic) bond motifs is 1. The fourth-order valence-corrected chi connectivity index (χ4v) is 5.38. The largest absolute Gasteiger partial charge is 0.501 e. The summed E-state index contributed by atoms with van der Waals surface area (Å²) in [4.78, 5) is 45.0. The second-order valence-electron chi connectivity index (χ2n) is 9.32. The Kier molecular flexibility index (Phi) is 7.27. The van der Waals surface area contributed by atoms with E-state index < -0.39 is 39.4 Å². The molecule has 3 unspecified atom stereocenters. The van der Waals surface area contributed by atoms with Crippen molar-refractivity contribution in [2.24, 2.45) is 17.0 Å². The average Bonchev–Trinajstić information content (AvgIpc) is 3.22. The fraction of sp³-hybridized carbons (Fsp3) is 0.375. The molecule has 1 fully saturated rings. The van der Waals surface area contributed by atoms with Crippen LogP contribution in [-0.4, -0.2) is 54.7 Å². The van der Waals surface area contributed by atoms with Gasteiger partial charge in [-0.25, -0.2) is 13.8 Å². The summed E-state index contributed by atoms with van der Waals surface area (Å²) in [5.41, 5.74) is -0.764. The second-order valence-corrected chi connectivity index (χ2v) is 10.6. The van der Waals surface area contributed by atoms with Gasteiger partial charge in [0.25, 0.3) is 5.91 Å². The van der Waals surface area contributed by atoms with Crippen LogP contribution in [0.25, 0.3) is 5.78 Å². The summed E-state index contributed by atoms with van der Waals surface area (Å²) in [7, 11) is -0.996. The Morgan fingerprint density at radius 2 is 1.97 bits per heavy atom. The molecule has 3 aromatic rings. The number of likely N-dealkylation sites (tertiary alicyclic amines) is 1. The summed E-state index contributed by atoms with van der Waals surface area (Å²) in [6.07, 6.45) is 3.97. The summed E-state index contributed by atoms with van der Waals surface area (Å²) in [6.45, 7) is 5.43. The molecular formula is C24H29FN6O4S. The molecule has 3 atom stereocenters. The van der Waals surface area contributed by atoms with Gasteiger partial charge in [-0.1, -0.05) is 36.5 Å². The molecule has 192 valence electrons. The van der Waals surface area contributed by atoms with Crippen LogP contribution >= 0.6 is 10.7 Å². The molecule has 0 saturated carbocycles. The fourth-order valence-electron chi connectivity index (χ4n) is 4.64. The molecule has 1 aliphatic heterocycles. The molecule has 1 saturated heterocycles. The molecule has 10 nitrogen and oxygen atoms in total. The van der Waals surface area contributed by atoms with Gasteiger partial charge in [-0.05, 0) is 36.0 Å². The first-order valence-corrected chi connectivity index (χ1v) is 12.9. The van der Waals surface area contributed by atoms with E-state index in [0.717, 1.165) is 10.8 Å². The number of aromatic hydroxyl groups is 1. The number of aromatic nitrogens is 3. The van der Waals surface area contributed by atoms with E-state index in [-0.39, 0.29) is 24.8 Å². The van der Waals surface area contributed by atoms with Gasteiger partial charge >= 0.3 is 5.56 Å². The van der Waals surface area contributed by atoms with Crippen LogP contribution in [0.5, 0.6) is 5.75 Å². The van der Waals surface area contributed by atoms with E-state index in [9.17, 15) is 23.9 Å². The van der Waals surface area contributed by atoms with Crippen molar-refractivity contribution >= 4 is 34.1 Å². The number of benzene rings is 1. The highest BCUT2D eigenvalue weighted by Crippen LogP contribution is 2.24. The number of hydrogen-bond donors (Lipinski definition) is 3. The normalized spacial score (nSPS) is 18.8. The zero-order chi connectivity index (χ0) is 26.1. The summed E-state index contributed by atoms with van der Waals surface area (Å²) in [5, 5.41) is 18.8. The Morgan fingerprint density at radius 1 is 1.28 bits per heavy atom. The Labute approximate surface area is 209 Å². The first-order chi connectivity index (χ1) is 17.0. The Balaban J connectivity index is 1.58. The molecule has 0 bridgehead atoms. The summed E-state index contributed by atoms with van der Waals surface area (Å²) in [5.74, 6) is 2.35. The van der Waals surface area contributed by atoms with E-state index in [2.05, 4.69) is 30.0 Å². The number of amides is 2. The molecule has 4 N–H and O–H groups in total. The number of carbonyl (C=O) groups is 2. The zero-order valence-electron chi connectivity index (χ0n) is 20.1. The predicted molar refractivity (Wildman–Crippen MR) is 135 cm³/mol. The second kappa shape index (κ2) is 10.2. The van der Waals surface area contributed by atoms with E-state index in [1.807, 2.05) is 0 Å². The maximum absolute atomic E-state index is 13.6. The van der Waals surface area contributed by atoms with Crippen molar-refractivity contribution < 1.29 is 19.1 Å². The molecule has 36 heavy (non-hydrogen) atoms. The lowest BCUT2D eigenvalue weighted by atomic mass is 9.92. The summed E-state index contributed by atoms with van der Waals surface area (Å²) < 4.78 is 16.2. The third-order valence-corrected chi connectivity index (χ3v) is 7.16. The van der Waals surface area contributed by atoms with Crippen LogP contribution in [0.15, 0.2) is 40.3 Å². The van der Waals surface area contributed by atoms with Crippen LogP contribution in [0.4, 0.5) is 4.39 Å². The first-order valence-electron chi connectivity index (χ1n) is 11.5. The molecule has 4 rings (SSSR count). The van der Waals surface area contributed by atoms with E-state index >= 15 is 0 Å². The van der Waals surface area contributed by atoms with Crippen molar-refractivity contribution in [3.05, 3.63) is 58.0 Å². The van der Waals surface area contributed by atoms with E-state index in [0.29, 0.717) is 35.4 Å². The smallest absolute Gasteiger partial charge is 0.302 e. The van der Waals surface area contributed by atoms with Gasteiger partial charge < -0.3 is 19.9 Å². The minimum atomic E-state index is -0.996. The topological polar surface area (TPSA) is 135 Å². The first kappa shape index (κ1) is 25.6. The van der Waals surface area contributed by atoms with E-state index in [1.165, 1.54) is 35.2 Å². The number of carbonyl (C=O) groups excluding carboxylic acids is 2. The third-order valence-electron chi connectivity index (χ3n) is 6.22.